The molecule has 3 rings (SSSR count). The van der Waals surface area contributed by atoms with Gasteiger partial charge in [0, 0.05) is 47.6 Å². The van der Waals surface area contributed by atoms with Crippen LogP contribution in [-0.4, -0.2) is 9.85 Å². The Kier molecular flexibility index (Phi) is 5.21. The Morgan fingerprint density at radius 1 is 0.679 bits per heavy atom. The van der Waals surface area contributed by atoms with Crippen molar-refractivity contribution in [1.29, 1.82) is 0 Å². The third-order valence-corrected chi connectivity index (χ3v) is 4.55. The number of nitro benzene ring substituents is 2. The highest BCUT2D eigenvalue weighted by Crippen LogP contribution is 2.29. The second-order valence-electron chi connectivity index (χ2n) is 6.41. The van der Waals surface area contributed by atoms with Crippen molar-refractivity contribution in [3.63, 3.8) is 0 Å². The third kappa shape index (κ3) is 4.07. The van der Waals surface area contributed by atoms with Crippen molar-refractivity contribution in [3.8, 4) is 0 Å². The van der Waals surface area contributed by atoms with Crippen molar-refractivity contribution in [2.75, 3.05) is 11.5 Å². The van der Waals surface area contributed by atoms with Gasteiger partial charge < -0.3 is 11.5 Å². The number of benzene rings is 3. The van der Waals surface area contributed by atoms with Crippen LogP contribution in [0.3, 0.4) is 0 Å². The second kappa shape index (κ2) is 7.75. The van der Waals surface area contributed by atoms with Crippen LogP contribution in [0, 0.1) is 20.2 Å². The van der Waals surface area contributed by atoms with Gasteiger partial charge in [-0.05, 0) is 29.2 Å². The fraction of sp³-hybridized carbons (Fsp3) is 0.100. The maximum atomic E-state index is 10.8. The molecule has 0 bridgehead atoms. The minimum Gasteiger partial charge on any atom is -0.398 e. The molecular weight excluding hydrogens is 360 g/mol. The fourth-order valence-corrected chi connectivity index (χ4v) is 2.98. The molecule has 0 unspecified atom stereocenters. The normalized spacial score (nSPS) is 10.6. The molecule has 3 aromatic rings. The SMILES string of the molecule is Nc1ccc(Cc2ccc([N+](=O)[O-])cc2)c(N)c1Cc1ccc([N+](=O)[O-])cc1. The minimum atomic E-state index is -0.447. The number of nitro groups is 2. The topological polar surface area (TPSA) is 138 Å². The van der Waals surface area contributed by atoms with Crippen LogP contribution in [0.1, 0.15) is 22.3 Å². The van der Waals surface area contributed by atoms with E-state index in [1.54, 1.807) is 30.3 Å². The zero-order valence-electron chi connectivity index (χ0n) is 14.9. The summed E-state index contributed by atoms with van der Waals surface area (Å²) in [7, 11) is 0. The fourth-order valence-electron chi connectivity index (χ4n) is 2.98. The van der Waals surface area contributed by atoms with E-state index in [0.29, 0.717) is 24.2 Å². The first-order chi connectivity index (χ1) is 13.3. The Hall–Kier alpha value is -3.94. The van der Waals surface area contributed by atoms with Gasteiger partial charge in [-0.3, -0.25) is 20.2 Å². The summed E-state index contributed by atoms with van der Waals surface area (Å²) >= 11 is 0. The van der Waals surface area contributed by atoms with E-state index >= 15 is 0 Å². The third-order valence-electron chi connectivity index (χ3n) is 4.55. The summed E-state index contributed by atoms with van der Waals surface area (Å²) in [5, 5.41) is 21.6. The lowest BCUT2D eigenvalue weighted by molar-refractivity contribution is -0.385. The maximum absolute atomic E-state index is 10.8. The van der Waals surface area contributed by atoms with Gasteiger partial charge in [0.05, 0.1) is 9.85 Å². The molecule has 142 valence electrons. The van der Waals surface area contributed by atoms with Crippen LogP contribution in [0.2, 0.25) is 0 Å². The number of nitrogens with zero attached hydrogens (tertiary/aromatic N) is 2. The van der Waals surface area contributed by atoms with Crippen molar-refractivity contribution in [1.82, 2.24) is 0 Å². The highest BCUT2D eigenvalue weighted by atomic mass is 16.6. The number of hydrogen-bond donors (Lipinski definition) is 2. The predicted molar refractivity (Wildman–Crippen MR) is 107 cm³/mol. The first-order valence-electron chi connectivity index (χ1n) is 8.47. The summed E-state index contributed by atoms with van der Waals surface area (Å²) in [6.45, 7) is 0. The predicted octanol–water partition coefficient (Wildman–Crippen LogP) is 3.85. The van der Waals surface area contributed by atoms with E-state index in [1.807, 2.05) is 6.07 Å². The summed E-state index contributed by atoms with van der Waals surface area (Å²) in [5.74, 6) is 0. The number of anilines is 2. The Labute approximate surface area is 160 Å². The average molecular weight is 378 g/mol. The zero-order valence-corrected chi connectivity index (χ0v) is 14.9. The average Bonchev–Trinajstić information content (AvgIpc) is 2.68. The van der Waals surface area contributed by atoms with Crippen LogP contribution in [0.25, 0.3) is 0 Å². The molecule has 0 spiro atoms. The van der Waals surface area contributed by atoms with Gasteiger partial charge in [-0.1, -0.05) is 30.3 Å². The van der Waals surface area contributed by atoms with Gasteiger partial charge in [0.15, 0.2) is 0 Å². The summed E-state index contributed by atoms with van der Waals surface area (Å²) in [4.78, 5) is 20.7. The lowest BCUT2D eigenvalue weighted by atomic mass is 9.95. The lowest BCUT2D eigenvalue weighted by Gasteiger charge is -2.14. The van der Waals surface area contributed by atoms with Gasteiger partial charge in [-0.25, -0.2) is 0 Å². The van der Waals surface area contributed by atoms with E-state index in [4.69, 9.17) is 11.5 Å². The van der Waals surface area contributed by atoms with E-state index in [0.717, 1.165) is 22.3 Å². The molecule has 0 heterocycles. The number of nitrogens with two attached hydrogens (primary N) is 2. The molecule has 4 N–H and O–H groups in total. The first kappa shape index (κ1) is 18.8. The van der Waals surface area contributed by atoms with Crippen LogP contribution in [0.4, 0.5) is 22.7 Å². The molecule has 3 aromatic carbocycles. The molecule has 0 aromatic heterocycles. The number of hydrogen-bond acceptors (Lipinski definition) is 6. The van der Waals surface area contributed by atoms with Gasteiger partial charge in [0.2, 0.25) is 0 Å². The molecule has 0 radical (unpaired) electrons. The zero-order chi connectivity index (χ0) is 20.3. The summed E-state index contributed by atoms with van der Waals surface area (Å²) in [6, 6.07) is 16.2. The molecule has 0 saturated heterocycles. The van der Waals surface area contributed by atoms with Crippen LogP contribution in [0.5, 0.6) is 0 Å². The van der Waals surface area contributed by atoms with E-state index in [-0.39, 0.29) is 11.4 Å². The highest BCUT2D eigenvalue weighted by molar-refractivity contribution is 5.67. The van der Waals surface area contributed by atoms with E-state index in [1.165, 1.54) is 24.3 Å². The Bertz CT molecular complexity index is 1030. The molecule has 0 aliphatic rings. The van der Waals surface area contributed by atoms with E-state index in [2.05, 4.69) is 0 Å². The van der Waals surface area contributed by atoms with Crippen molar-refractivity contribution < 1.29 is 9.85 Å². The van der Waals surface area contributed by atoms with E-state index < -0.39 is 9.85 Å². The minimum absolute atomic E-state index is 0.0246. The number of rotatable bonds is 6. The molecule has 0 atom stereocenters. The molecule has 0 fully saturated rings. The van der Waals surface area contributed by atoms with Gasteiger partial charge in [0.25, 0.3) is 11.4 Å². The summed E-state index contributed by atoms with van der Waals surface area (Å²) in [6.07, 6.45) is 0.959. The van der Waals surface area contributed by atoms with Crippen LogP contribution in [-0.2, 0) is 12.8 Å². The molecule has 0 saturated carbocycles. The monoisotopic (exact) mass is 378 g/mol. The van der Waals surface area contributed by atoms with Crippen molar-refractivity contribution in [3.05, 3.63) is 103 Å². The molecule has 0 aliphatic heterocycles. The lowest BCUT2D eigenvalue weighted by Crippen LogP contribution is -2.05. The van der Waals surface area contributed by atoms with Crippen LogP contribution in [0.15, 0.2) is 60.7 Å². The molecule has 8 heteroatoms. The van der Waals surface area contributed by atoms with Crippen LogP contribution < -0.4 is 11.5 Å². The van der Waals surface area contributed by atoms with Crippen molar-refractivity contribution >= 4 is 22.7 Å². The van der Waals surface area contributed by atoms with Gasteiger partial charge in [-0.15, -0.1) is 0 Å². The van der Waals surface area contributed by atoms with Crippen molar-refractivity contribution in [2.24, 2.45) is 0 Å². The number of non-ortho nitro benzene ring substituents is 2. The van der Waals surface area contributed by atoms with Crippen LogP contribution >= 0.6 is 0 Å². The smallest absolute Gasteiger partial charge is 0.269 e. The quantitative estimate of drug-likeness (QED) is 0.379. The molecule has 8 nitrogen and oxygen atoms in total. The summed E-state index contributed by atoms with van der Waals surface area (Å²) in [5.41, 5.74) is 17.0. The molecule has 28 heavy (non-hydrogen) atoms. The molecule has 0 amide bonds. The highest BCUT2D eigenvalue weighted by Gasteiger charge is 2.12. The Balaban J connectivity index is 1.85. The Morgan fingerprint density at radius 2 is 1.14 bits per heavy atom. The van der Waals surface area contributed by atoms with Gasteiger partial charge >= 0.3 is 0 Å². The first-order valence-corrected chi connectivity index (χ1v) is 8.47. The maximum Gasteiger partial charge on any atom is 0.269 e. The summed E-state index contributed by atoms with van der Waals surface area (Å²) < 4.78 is 0. The number of nitrogen functional groups attached to an aromatic ring is 2. The van der Waals surface area contributed by atoms with E-state index in [9.17, 15) is 20.2 Å². The van der Waals surface area contributed by atoms with Crippen molar-refractivity contribution in [2.45, 2.75) is 12.8 Å². The van der Waals surface area contributed by atoms with Gasteiger partial charge in [0.1, 0.15) is 0 Å². The molecular formula is C20H18N4O4. The largest absolute Gasteiger partial charge is 0.398 e. The standard InChI is InChI=1S/C20H18N4O4/c21-19-10-5-15(11-13-1-6-16(7-2-13)23(25)26)20(22)18(19)12-14-3-8-17(9-4-14)24(27)28/h1-10H,11-12,21-22H2. The molecule has 0 aliphatic carbocycles. The second-order valence-corrected chi connectivity index (χ2v) is 6.41. The Morgan fingerprint density at radius 3 is 1.61 bits per heavy atom. The van der Waals surface area contributed by atoms with Gasteiger partial charge in [-0.2, -0.15) is 0 Å².